The highest BCUT2D eigenvalue weighted by molar-refractivity contribution is 7.10. The highest BCUT2D eigenvalue weighted by Crippen LogP contribution is 2.28. The third kappa shape index (κ3) is 5.12. The van der Waals surface area contributed by atoms with Crippen molar-refractivity contribution in [2.24, 2.45) is 5.92 Å². The van der Waals surface area contributed by atoms with E-state index in [2.05, 4.69) is 40.8 Å². The van der Waals surface area contributed by atoms with Crippen molar-refractivity contribution in [3.05, 3.63) is 42.2 Å². The first-order valence-electron chi connectivity index (χ1n) is 11.4. The number of nitrogens with one attached hydrogen (secondary N) is 2. The Morgan fingerprint density at radius 2 is 2.06 bits per heavy atom. The minimum Gasteiger partial charge on any atom is -0.328 e. The fraction of sp³-hybridized carbons (Fsp3) is 0.435. The van der Waals surface area contributed by atoms with E-state index in [0.29, 0.717) is 11.6 Å². The molecule has 0 radical (unpaired) electrons. The molecule has 10 heteroatoms. The van der Waals surface area contributed by atoms with E-state index >= 15 is 0 Å². The quantitative estimate of drug-likeness (QED) is 0.432. The van der Waals surface area contributed by atoms with Gasteiger partial charge in [0.05, 0.1) is 29.5 Å². The van der Waals surface area contributed by atoms with Crippen molar-refractivity contribution >= 4 is 33.8 Å². The predicted octanol–water partition coefficient (Wildman–Crippen LogP) is 4.46. The molecule has 1 fully saturated rings. The van der Waals surface area contributed by atoms with Crippen LogP contribution >= 0.6 is 11.5 Å². The van der Waals surface area contributed by atoms with E-state index in [-0.39, 0.29) is 5.92 Å². The summed E-state index contributed by atoms with van der Waals surface area (Å²) in [6, 6.07) is 2.07. The number of H-pyrrole nitrogens is 1. The molecular formula is C23H30N8OS. The Morgan fingerprint density at radius 1 is 1.27 bits per heavy atom. The van der Waals surface area contributed by atoms with Gasteiger partial charge in [-0.2, -0.15) is 9.47 Å². The van der Waals surface area contributed by atoms with Crippen LogP contribution in [-0.2, 0) is 11.3 Å². The zero-order valence-corrected chi connectivity index (χ0v) is 20.3. The van der Waals surface area contributed by atoms with Crippen LogP contribution in [0.25, 0.3) is 16.9 Å². The number of nitrogens with zero attached hydrogens (tertiary/aromatic N) is 6. The zero-order valence-electron chi connectivity index (χ0n) is 19.5. The van der Waals surface area contributed by atoms with Crippen molar-refractivity contribution in [1.29, 1.82) is 0 Å². The van der Waals surface area contributed by atoms with E-state index in [1.807, 2.05) is 43.8 Å². The minimum absolute atomic E-state index is 0.222. The van der Waals surface area contributed by atoms with Crippen LogP contribution in [0.3, 0.4) is 0 Å². The standard InChI is InChI=1S/C21H24N8OS.C2H6/c1-13-11-29-18(16-8-23-24-9-16)10-22-21(29)20(25-13)26-19-7-17(27-31-19)12-28-5-3-15(4-6-28)14(2)30;1-2/h7-11,15H,3-6,12H2,1-2H3,(H,23,24)(H,25,26);1-2H3. The van der Waals surface area contributed by atoms with Gasteiger partial charge in [-0.05, 0) is 57.4 Å². The summed E-state index contributed by atoms with van der Waals surface area (Å²) in [7, 11) is 0. The summed E-state index contributed by atoms with van der Waals surface area (Å²) in [5, 5.41) is 11.2. The molecule has 4 aromatic rings. The van der Waals surface area contributed by atoms with Crippen LogP contribution in [0.15, 0.2) is 30.9 Å². The van der Waals surface area contributed by atoms with Crippen LogP contribution in [0.4, 0.5) is 10.8 Å². The molecule has 5 heterocycles. The number of carbonyl (C=O) groups is 1. The first-order valence-corrected chi connectivity index (χ1v) is 12.1. The maximum Gasteiger partial charge on any atom is 0.180 e. The maximum atomic E-state index is 11.6. The zero-order chi connectivity index (χ0) is 23.4. The molecule has 0 saturated carbocycles. The molecule has 0 amide bonds. The van der Waals surface area contributed by atoms with E-state index in [1.54, 1.807) is 13.1 Å². The number of fused-ring (bicyclic) bond motifs is 1. The third-order valence-corrected chi connectivity index (χ3v) is 6.50. The fourth-order valence-corrected chi connectivity index (χ4v) is 4.74. The Balaban J connectivity index is 0.00000126. The molecule has 174 valence electrons. The molecule has 0 aromatic carbocycles. The molecule has 33 heavy (non-hydrogen) atoms. The summed E-state index contributed by atoms with van der Waals surface area (Å²) >= 11 is 1.42. The average Bonchev–Trinajstić information content (AvgIpc) is 3.57. The van der Waals surface area contributed by atoms with Gasteiger partial charge in [0.1, 0.15) is 10.8 Å². The molecule has 0 bridgehead atoms. The molecule has 0 unspecified atom stereocenters. The number of aromatic amines is 1. The Morgan fingerprint density at radius 3 is 2.76 bits per heavy atom. The second-order valence-electron chi connectivity index (χ2n) is 8.02. The lowest BCUT2D eigenvalue weighted by atomic mass is 9.93. The smallest absolute Gasteiger partial charge is 0.180 e. The lowest BCUT2D eigenvalue weighted by Crippen LogP contribution is -2.35. The summed E-state index contributed by atoms with van der Waals surface area (Å²) in [6.07, 6.45) is 9.30. The molecule has 1 aliphatic heterocycles. The molecular weight excluding hydrogens is 436 g/mol. The van der Waals surface area contributed by atoms with Gasteiger partial charge in [0.25, 0.3) is 0 Å². The summed E-state index contributed by atoms with van der Waals surface area (Å²) in [5.74, 6) is 1.24. The highest BCUT2D eigenvalue weighted by Gasteiger charge is 2.23. The molecule has 2 N–H and O–H groups in total. The van der Waals surface area contributed by atoms with Gasteiger partial charge in [-0.1, -0.05) is 13.8 Å². The number of likely N-dealkylation sites (tertiary alicyclic amines) is 1. The molecule has 5 rings (SSSR count). The number of hydrogen-bond acceptors (Lipinski definition) is 8. The van der Waals surface area contributed by atoms with Gasteiger partial charge in [0, 0.05) is 30.4 Å². The number of hydrogen-bond donors (Lipinski definition) is 2. The third-order valence-electron chi connectivity index (χ3n) is 5.76. The molecule has 4 aromatic heterocycles. The molecule has 9 nitrogen and oxygen atoms in total. The van der Waals surface area contributed by atoms with Gasteiger partial charge in [-0.3, -0.25) is 19.2 Å². The fourth-order valence-electron chi connectivity index (χ4n) is 4.09. The average molecular weight is 467 g/mol. The van der Waals surface area contributed by atoms with Crippen molar-refractivity contribution < 1.29 is 4.79 Å². The van der Waals surface area contributed by atoms with Gasteiger partial charge < -0.3 is 5.32 Å². The topological polar surface area (TPSA) is 104 Å². The lowest BCUT2D eigenvalue weighted by Gasteiger charge is -2.30. The van der Waals surface area contributed by atoms with E-state index in [1.165, 1.54) is 11.5 Å². The molecule has 0 spiro atoms. The number of piperidine rings is 1. The van der Waals surface area contributed by atoms with Crippen molar-refractivity contribution in [2.75, 3.05) is 18.4 Å². The van der Waals surface area contributed by atoms with Crippen molar-refractivity contribution in [3.8, 4) is 11.3 Å². The number of aryl methyl sites for hydroxylation is 1. The van der Waals surface area contributed by atoms with Crippen LogP contribution in [0.5, 0.6) is 0 Å². The first kappa shape index (κ1) is 23.1. The van der Waals surface area contributed by atoms with Crippen LogP contribution in [0.1, 0.15) is 45.0 Å². The number of aromatic nitrogens is 6. The minimum atomic E-state index is 0.222. The maximum absolute atomic E-state index is 11.6. The molecule has 1 aliphatic rings. The number of anilines is 2. The van der Waals surface area contributed by atoms with Crippen LogP contribution in [0, 0.1) is 12.8 Å². The van der Waals surface area contributed by atoms with E-state index in [4.69, 9.17) is 0 Å². The van der Waals surface area contributed by atoms with Crippen LogP contribution < -0.4 is 5.32 Å². The van der Waals surface area contributed by atoms with Gasteiger partial charge in [0.15, 0.2) is 11.5 Å². The number of rotatable bonds is 6. The summed E-state index contributed by atoms with van der Waals surface area (Å²) in [5.41, 5.74) is 4.59. The van der Waals surface area contributed by atoms with E-state index in [0.717, 1.165) is 65.8 Å². The number of imidazole rings is 1. The van der Waals surface area contributed by atoms with Crippen molar-refractivity contribution in [2.45, 2.75) is 47.1 Å². The van der Waals surface area contributed by atoms with Crippen molar-refractivity contribution in [3.63, 3.8) is 0 Å². The van der Waals surface area contributed by atoms with E-state index in [9.17, 15) is 4.79 Å². The number of carbonyl (C=O) groups excluding carboxylic acids is 1. The van der Waals surface area contributed by atoms with Gasteiger partial charge in [-0.25, -0.2) is 9.97 Å². The summed E-state index contributed by atoms with van der Waals surface area (Å²) in [6.45, 7) is 10.3. The lowest BCUT2D eigenvalue weighted by molar-refractivity contribution is -0.122. The van der Waals surface area contributed by atoms with Crippen molar-refractivity contribution in [1.82, 2.24) is 33.8 Å². The monoisotopic (exact) mass is 466 g/mol. The summed E-state index contributed by atoms with van der Waals surface area (Å²) in [4.78, 5) is 23.2. The Bertz CT molecular complexity index is 1200. The number of ketones is 1. The van der Waals surface area contributed by atoms with Gasteiger partial charge in [-0.15, -0.1) is 0 Å². The Hall–Kier alpha value is -3.11. The van der Waals surface area contributed by atoms with Gasteiger partial charge in [0.2, 0.25) is 0 Å². The largest absolute Gasteiger partial charge is 0.328 e. The second-order valence-corrected chi connectivity index (χ2v) is 8.83. The SMILES string of the molecule is CC.CC(=O)C1CCN(Cc2cc(Nc3nc(C)cn4c(-c5cn[nH]c5)cnc34)sn2)CC1. The van der Waals surface area contributed by atoms with Gasteiger partial charge >= 0.3 is 0 Å². The molecule has 0 aliphatic carbocycles. The first-order chi connectivity index (χ1) is 16.1. The second kappa shape index (κ2) is 10.2. The highest BCUT2D eigenvalue weighted by atomic mass is 32.1. The normalized spacial score (nSPS) is 14.8. The Kier molecular flexibility index (Phi) is 7.14. The van der Waals surface area contributed by atoms with Crippen LogP contribution in [0.2, 0.25) is 0 Å². The number of Topliss-reactive ketones (excluding diaryl/α,β-unsaturated/α-hetero) is 1. The Labute approximate surface area is 197 Å². The van der Waals surface area contributed by atoms with E-state index < -0.39 is 0 Å². The summed E-state index contributed by atoms with van der Waals surface area (Å²) < 4.78 is 6.64. The van der Waals surface area contributed by atoms with Crippen LogP contribution in [-0.4, -0.2) is 52.7 Å². The molecule has 0 atom stereocenters. The molecule has 1 saturated heterocycles. The predicted molar refractivity (Wildman–Crippen MR) is 131 cm³/mol.